The molecule has 2 aromatic carbocycles. The Labute approximate surface area is 194 Å². The Bertz CT molecular complexity index is 918. The zero-order valence-corrected chi connectivity index (χ0v) is 20.0. The van der Waals surface area contributed by atoms with Crippen LogP contribution < -0.4 is 10.1 Å². The second kappa shape index (κ2) is 12.0. The molecule has 2 rings (SSSR count). The summed E-state index contributed by atoms with van der Waals surface area (Å²) in [7, 11) is 0. The van der Waals surface area contributed by atoms with Crippen molar-refractivity contribution in [3.05, 3.63) is 63.1 Å². The number of halogens is 2. The van der Waals surface area contributed by atoms with Gasteiger partial charge >= 0.3 is 0 Å². The van der Waals surface area contributed by atoms with E-state index in [1.807, 2.05) is 45.9 Å². The smallest absolute Gasteiger partial charge is 0.261 e. The SMILES string of the molecule is CCCNC(=O)[C@H](CC)N(Cc1ccc(Cl)cc1Cl)C(=O)COc1cc(C)ccc1C. The van der Waals surface area contributed by atoms with Gasteiger partial charge in [0.25, 0.3) is 5.91 Å². The Kier molecular flexibility index (Phi) is 9.66. The quantitative estimate of drug-likeness (QED) is 0.517. The molecular formula is C24H30Cl2N2O3. The fraction of sp³-hybridized carbons (Fsp3) is 0.417. The topological polar surface area (TPSA) is 58.6 Å². The molecule has 0 unspecified atom stereocenters. The van der Waals surface area contributed by atoms with Gasteiger partial charge in [-0.3, -0.25) is 9.59 Å². The van der Waals surface area contributed by atoms with Gasteiger partial charge in [0.05, 0.1) is 0 Å². The molecule has 7 heteroatoms. The van der Waals surface area contributed by atoms with Gasteiger partial charge in [-0.25, -0.2) is 0 Å². The highest BCUT2D eigenvalue weighted by molar-refractivity contribution is 6.35. The molecule has 0 aliphatic carbocycles. The predicted molar refractivity (Wildman–Crippen MR) is 126 cm³/mol. The lowest BCUT2D eigenvalue weighted by atomic mass is 10.1. The molecule has 2 aromatic rings. The maximum atomic E-state index is 13.2. The number of hydrogen-bond donors (Lipinski definition) is 1. The average Bonchev–Trinajstić information content (AvgIpc) is 2.73. The predicted octanol–water partition coefficient (Wildman–Crippen LogP) is 5.32. The minimum absolute atomic E-state index is 0.174. The first kappa shape index (κ1) is 25.0. The van der Waals surface area contributed by atoms with E-state index < -0.39 is 6.04 Å². The Morgan fingerprint density at radius 2 is 1.84 bits per heavy atom. The van der Waals surface area contributed by atoms with E-state index in [0.29, 0.717) is 34.3 Å². The van der Waals surface area contributed by atoms with Crippen LogP contribution in [-0.4, -0.2) is 35.9 Å². The first-order valence-corrected chi connectivity index (χ1v) is 11.2. The van der Waals surface area contributed by atoms with Gasteiger partial charge < -0.3 is 15.0 Å². The summed E-state index contributed by atoms with van der Waals surface area (Å²) in [5, 5.41) is 3.85. The van der Waals surface area contributed by atoms with Crippen LogP contribution in [0, 0.1) is 13.8 Å². The van der Waals surface area contributed by atoms with E-state index in [0.717, 1.165) is 17.5 Å². The summed E-state index contributed by atoms with van der Waals surface area (Å²) in [5.74, 6) is 0.182. The molecule has 0 fully saturated rings. The molecule has 1 atom stereocenters. The Morgan fingerprint density at radius 3 is 2.48 bits per heavy atom. The molecule has 5 nitrogen and oxygen atoms in total. The van der Waals surface area contributed by atoms with Crippen molar-refractivity contribution >= 4 is 35.0 Å². The number of aryl methyl sites for hydroxylation is 2. The summed E-state index contributed by atoms with van der Waals surface area (Å²) in [6.07, 6.45) is 1.28. The number of carbonyl (C=O) groups excluding carboxylic acids is 2. The van der Waals surface area contributed by atoms with Gasteiger partial charge in [-0.2, -0.15) is 0 Å². The Morgan fingerprint density at radius 1 is 1.10 bits per heavy atom. The molecule has 0 saturated carbocycles. The molecule has 0 aliphatic rings. The zero-order valence-electron chi connectivity index (χ0n) is 18.5. The van der Waals surface area contributed by atoms with Gasteiger partial charge in [0.1, 0.15) is 11.8 Å². The third kappa shape index (κ3) is 7.15. The Hall–Kier alpha value is -2.24. The molecule has 0 bridgehead atoms. The molecular weight excluding hydrogens is 435 g/mol. The molecule has 168 valence electrons. The van der Waals surface area contributed by atoms with Gasteiger partial charge in [0.15, 0.2) is 6.61 Å². The highest BCUT2D eigenvalue weighted by atomic mass is 35.5. The van der Waals surface area contributed by atoms with Crippen molar-refractivity contribution in [2.24, 2.45) is 0 Å². The molecule has 31 heavy (non-hydrogen) atoms. The fourth-order valence-corrected chi connectivity index (χ4v) is 3.67. The normalized spacial score (nSPS) is 11.7. The van der Waals surface area contributed by atoms with E-state index in [4.69, 9.17) is 27.9 Å². The summed E-state index contributed by atoms with van der Waals surface area (Å²) in [6.45, 7) is 8.32. The molecule has 0 heterocycles. The summed E-state index contributed by atoms with van der Waals surface area (Å²) < 4.78 is 5.83. The molecule has 0 radical (unpaired) electrons. The van der Waals surface area contributed by atoms with Gasteiger partial charge in [0, 0.05) is 23.1 Å². The van der Waals surface area contributed by atoms with Gasteiger partial charge in [-0.1, -0.05) is 55.2 Å². The van der Waals surface area contributed by atoms with Crippen molar-refractivity contribution in [3.63, 3.8) is 0 Å². The molecule has 1 N–H and O–H groups in total. The van der Waals surface area contributed by atoms with Crippen molar-refractivity contribution in [1.82, 2.24) is 10.2 Å². The highest BCUT2D eigenvalue weighted by Crippen LogP contribution is 2.24. The standard InChI is InChI=1S/C24H30Cl2N2O3/c1-5-11-27-24(30)21(6-2)28(14-18-9-10-19(25)13-20(18)26)23(29)15-31-22-12-16(3)7-8-17(22)4/h7-10,12-13,21H,5-6,11,14-15H2,1-4H3,(H,27,30)/t21-/m0/s1. The molecule has 0 aliphatic heterocycles. The third-order valence-corrected chi connectivity index (χ3v) is 5.57. The van der Waals surface area contributed by atoms with Crippen LogP contribution in [-0.2, 0) is 16.1 Å². The number of nitrogens with one attached hydrogen (secondary N) is 1. The van der Waals surface area contributed by atoms with Crippen molar-refractivity contribution in [1.29, 1.82) is 0 Å². The minimum atomic E-state index is -0.631. The lowest BCUT2D eigenvalue weighted by molar-refractivity contribution is -0.143. The molecule has 0 saturated heterocycles. The van der Waals surface area contributed by atoms with Crippen LogP contribution in [0.5, 0.6) is 5.75 Å². The monoisotopic (exact) mass is 464 g/mol. The average molecular weight is 465 g/mol. The van der Waals surface area contributed by atoms with Crippen molar-refractivity contribution in [3.8, 4) is 5.75 Å². The lowest BCUT2D eigenvalue weighted by Gasteiger charge is -2.31. The minimum Gasteiger partial charge on any atom is -0.483 e. The number of carbonyl (C=O) groups is 2. The van der Waals surface area contributed by atoms with E-state index in [-0.39, 0.29) is 25.0 Å². The first-order valence-electron chi connectivity index (χ1n) is 10.5. The fourth-order valence-electron chi connectivity index (χ4n) is 3.20. The van der Waals surface area contributed by atoms with Crippen molar-refractivity contribution < 1.29 is 14.3 Å². The second-order valence-corrected chi connectivity index (χ2v) is 8.37. The van der Waals surface area contributed by atoms with E-state index in [2.05, 4.69) is 5.32 Å². The summed E-state index contributed by atoms with van der Waals surface area (Å²) in [4.78, 5) is 27.5. The number of nitrogens with zero attached hydrogens (tertiary/aromatic N) is 1. The number of rotatable bonds is 10. The van der Waals surface area contributed by atoms with Crippen LogP contribution in [0.25, 0.3) is 0 Å². The summed E-state index contributed by atoms with van der Waals surface area (Å²) >= 11 is 12.4. The third-order valence-electron chi connectivity index (χ3n) is 4.99. The van der Waals surface area contributed by atoms with E-state index in [9.17, 15) is 9.59 Å². The van der Waals surface area contributed by atoms with Crippen LogP contribution in [0.2, 0.25) is 10.0 Å². The molecule has 2 amide bonds. The van der Waals surface area contributed by atoms with Crippen LogP contribution in [0.3, 0.4) is 0 Å². The highest BCUT2D eigenvalue weighted by Gasteiger charge is 2.29. The number of amides is 2. The summed E-state index contributed by atoms with van der Waals surface area (Å²) in [6, 6.07) is 10.3. The van der Waals surface area contributed by atoms with Crippen LogP contribution in [0.4, 0.5) is 0 Å². The Balaban J connectivity index is 2.26. The number of ether oxygens (including phenoxy) is 1. The first-order chi connectivity index (χ1) is 14.8. The van der Waals surface area contributed by atoms with E-state index in [1.165, 1.54) is 4.90 Å². The van der Waals surface area contributed by atoms with Crippen LogP contribution in [0.15, 0.2) is 36.4 Å². The maximum Gasteiger partial charge on any atom is 0.261 e. The van der Waals surface area contributed by atoms with Crippen LogP contribution >= 0.6 is 23.2 Å². The summed E-state index contributed by atoms with van der Waals surface area (Å²) in [5.41, 5.74) is 2.70. The molecule has 0 spiro atoms. The molecule has 0 aromatic heterocycles. The van der Waals surface area contributed by atoms with Gasteiger partial charge in [-0.05, 0) is 61.6 Å². The largest absolute Gasteiger partial charge is 0.483 e. The maximum absolute atomic E-state index is 13.2. The van der Waals surface area contributed by atoms with Gasteiger partial charge in [0.2, 0.25) is 5.91 Å². The van der Waals surface area contributed by atoms with E-state index in [1.54, 1.807) is 18.2 Å². The van der Waals surface area contributed by atoms with Crippen LogP contribution in [0.1, 0.15) is 43.4 Å². The van der Waals surface area contributed by atoms with Gasteiger partial charge in [-0.15, -0.1) is 0 Å². The number of benzene rings is 2. The zero-order chi connectivity index (χ0) is 23.0. The van der Waals surface area contributed by atoms with Crippen molar-refractivity contribution in [2.75, 3.05) is 13.2 Å². The van der Waals surface area contributed by atoms with Crippen molar-refractivity contribution in [2.45, 2.75) is 53.1 Å². The number of hydrogen-bond acceptors (Lipinski definition) is 3. The van der Waals surface area contributed by atoms with E-state index >= 15 is 0 Å². The lowest BCUT2D eigenvalue weighted by Crippen LogP contribution is -2.50. The second-order valence-electron chi connectivity index (χ2n) is 7.53.